The summed E-state index contributed by atoms with van der Waals surface area (Å²) in [6.07, 6.45) is 0. The van der Waals surface area contributed by atoms with Gasteiger partial charge in [0.15, 0.2) is 5.16 Å². The summed E-state index contributed by atoms with van der Waals surface area (Å²) in [5, 5.41) is 5.52. The Morgan fingerprint density at radius 3 is 2.62 bits per heavy atom. The molecule has 12 heteroatoms. The van der Waals surface area contributed by atoms with Crippen LogP contribution in [0.2, 0.25) is 0 Å². The molecule has 1 aliphatic rings. The molecule has 1 aliphatic heterocycles. The number of aromatic nitrogens is 2. The van der Waals surface area contributed by atoms with Crippen LogP contribution in [0.5, 0.6) is 0 Å². The molecule has 32 heavy (non-hydrogen) atoms. The van der Waals surface area contributed by atoms with E-state index in [0.717, 1.165) is 5.52 Å². The summed E-state index contributed by atoms with van der Waals surface area (Å²) in [5.41, 5.74) is 1.32. The largest absolute Gasteiger partial charge is 0.379 e. The number of ether oxygens (including phenoxy) is 1. The summed E-state index contributed by atoms with van der Waals surface area (Å²) in [6, 6.07) is 4.37. The molecule has 2 aromatic rings. The molecule has 0 spiro atoms. The Hall–Kier alpha value is -2.15. The lowest BCUT2D eigenvalue weighted by Crippen LogP contribution is -2.41. The summed E-state index contributed by atoms with van der Waals surface area (Å²) >= 11 is 1.20. The summed E-state index contributed by atoms with van der Waals surface area (Å²) in [6.45, 7) is 8.36. The molecule has 2 heterocycles. The number of rotatable bonds is 8. The molecule has 3 rings (SSSR count). The number of benzene rings is 1. The minimum atomic E-state index is -3.63. The van der Waals surface area contributed by atoms with Crippen molar-refractivity contribution in [2.24, 2.45) is 5.92 Å². The smallest absolute Gasteiger partial charge is 0.321 e. The molecule has 0 atom stereocenters. The zero-order valence-electron chi connectivity index (χ0n) is 18.5. The molecule has 0 bridgehead atoms. The molecule has 0 aliphatic carbocycles. The van der Waals surface area contributed by atoms with Gasteiger partial charge >= 0.3 is 6.03 Å². The minimum absolute atomic E-state index is 0.0113. The fourth-order valence-electron chi connectivity index (χ4n) is 3.23. The van der Waals surface area contributed by atoms with Crippen LogP contribution >= 0.6 is 11.8 Å². The van der Waals surface area contributed by atoms with Gasteiger partial charge in [-0.15, -0.1) is 0 Å². The number of amides is 3. The number of sulfonamides is 1. The first-order chi connectivity index (χ1) is 15.2. The number of nitrogens with one attached hydrogen (secondary N) is 2. The Morgan fingerprint density at radius 1 is 1.25 bits per heavy atom. The average Bonchev–Trinajstić information content (AvgIpc) is 3.13. The third-order valence-electron chi connectivity index (χ3n) is 4.86. The lowest BCUT2D eigenvalue weighted by Gasteiger charge is -2.26. The van der Waals surface area contributed by atoms with Gasteiger partial charge in [0.2, 0.25) is 15.9 Å². The van der Waals surface area contributed by atoms with E-state index in [1.165, 1.54) is 16.1 Å². The van der Waals surface area contributed by atoms with E-state index >= 15 is 0 Å². The standard InChI is InChI=1S/C20H29N5O5S2/c1-4-25-17-6-5-15(32(28,29)24-7-9-30-10-8-24)11-16(17)22-20(25)31-13-18(26)23-19(27)21-12-14(2)3/h5-6,11,14H,4,7-10,12-13H2,1-3H3,(H2,21,23,26,27). The van der Waals surface area contributed by atoms with Gasteiger partial charge in [0, 0.05) is 26.2 Å². The first-order valence-corrected chi connectivity index (χ1v) is 12.9. The summed E-state index contributed by atoms with van der Waals surface area (Å²) < 4.78 is 34.5. The molecule has 176 valence electrons. The number of hydrogen-bond donors (Lipinski definition) is 2. The van der Waals surface area contributed by atoms with E-state index in [-0.39, 0.29) is 16.6 Å². The lowest BCUT2D eigenvalue weighted by molar-refractivity contribution is -0.117. The van der Waals surface area contributed by atoms with Crippen LogP contribution in [-0.4, -0.2) is 72.8 Å². The molecule has 10 nitrogen and oxygen atoms in total. The molecule has 1 fully saturated rings. The van der Waals surface area contributed by atoms with Crippen LogP contribution in [0.4, 0.5) is 4.79 Å². The van der Waals surface area contributed by atoms with Crippen LogP contribution in [-0.2, 0) is 26.1 Å². The fourth-order valence-corrected chi connectivity index (χ4v) is 5.54. The molecule has 2 N–H and O–H groups in total. The number of carbonyl (C=O) groups excluding carboxylic acids is 2. The number of thioether (sulfide) groups is 1. The van der Waals surface area contributed by atoms with Gasteiger partial charge in [0.05, 0.1) is 34.9 Å². The highest BCUT2D eigenvalue weighted by Crippen LogP contribution is 2.27. The lowest BCUT2D eigenvalue weighted by atomic mass is 10.2. The van der Waals surface area contributed by atoms with Gasteiger partial charge in [-0.1, -0.05) is 25.6 Å². The number of carbonyl (C=O) groups is 2. The van der Waals surface area contributed by atoms with E-state index in [0.29, 0.717) is 50.1 Å². The number of imidazole rings is 1. The number of fused-ring (bicyclic) bond motifs is 1. The highest BCUT2D eigenvalue weighted by atomic mass is 32.2. The molecule has 1 saturated heterocycles. The third-order valence-corrected chi connectivity index (χ3v) is 7.74. The van der Waals surface area contributed by atoms with Crippen molar-refractivity contribution < 1.29 is 22.7 Å². The van der Waals surface area contributed by atoms with Crippen LogP contribution in [0.15, 0.2) is 28.3 Å². The minimum Gasteiger partial charge on any atom is -0.379 e. The second-order valence-electron chi connectivity index (χ2n) is 7.75. The Balaban J connectivity index is 1.73. The number of nitrogens with zero attached hydrogens (tertiary/aromatic N) is 3. The zero-order chi connectivity index (χ0) is 23.3. The van der Waals surface area contributed by atoms with Crippen molar-refractivity contribution in [3.63, 3.8) is 0 Å². The molecular weight excluding hydrogens is 454 g/mol. The SMILES string of the molecule is CCn1c(SCC(=O)NC(=O)NCC(C)C)nc2cc(S(=O)(=O)N3CCOCC3)ccc21. The number of aryl methyl sites for hydroxylation is 1. The predicted octanol–water partition coefficient (Wildman–Crippen LogP) is 1.65. The molecule has 0 saturated carbocycles. The maximum Gasteiger partial charge on any atom is 0.321 e. The second-order valence-corrected chi connectivity index (χ2v) is 10.6. The Morgan fingerprint density at radius 2 is 1.97 bits per heavy atom. The van der Waals surface area contributed by atoms with Crippen LogP contribution in [0.25, 0.3) is 11.0 Å². The van der Waals surface area contributed by atoms with Crippen LogP contribution in [0.1, 0.15) is 20.8 Å². The number of morpholine rings is 1. The molecule has 1 aromatic heterocycles. The Labute approximate surface area is 192 Å². The topological polar surface area (TPSA) is 123 Å². The van der Waals surface area contributed by atoms with Crippen LogP contribution in [0, 0.1) is 5.92 Å². The molecule has 1 aromatic carbocycles. The molecule has 0 radical (unpaired) electrons. The van der Waals surface area contributed by atoms with Gasteiger partial charge in [-0.3, -0.25) is 10.1 Å². The van der Waals surface area contributed by atoms with Crippen molar-refractivity contribution >= 4 is 44.8 Å². The van der Waals surface area contributed by atoms with E-state index in [2.05, 4.69) is 15.6 Å². The Kier molecular flexibility index (Phi) is 8.15. The van der Waals surface area contributed by atoms with E-state index in [1.54, 1.807) is 18.2 Å². The van der Waals surface area contributed by atoms with Crippen molar-refractivity contribution in [1.82, 2.24) is 24.5 Å². The molecular formula is C20H29N5O5S2. The van der Waals surface area contributed by atoms with Crippen molar-refractivity contribution in [1.29, 1.82) is 0 Å². The number of urea groups is 1. The predicted molar refractivity (Wildman–Crippen MR) is 122 cm³/mol. The van der Waals surface area contributed by atoms with E-state index < -0.39 is 22.0 Å². The summed E-state index contributed by atoms with van der Waals surface area (Å²) in [4.78, 5) is 28.6. The highest BCUT2D eigenvalue weighted by molar-refractivity contribution is 7.99. The molecule has 3 amide bonds. The van der Waals surface area contributed by atoms with Crippen molar-refractivity contribution in [3.8, 4) is 0 Å². The van der Waals surface area contributed by atoms with Crippen molar-refractivity contribution in [3.05, 3.63) is 18.2 Å². The maximum atomic E-state index is 12.9. The van der Waals surface area contributed by atoms with Gasteiger partial charge < -0.3 is 14.6 Å². The molecule has 0 unspecified atom stereocenters. The normalized spacial score (nSPS) is 15.2. The van der Waals surface area contributed by atoms with E-state index in [1.807, 2.05) is 25.3 Å². The van der Waals surface area contributed by atoms with Gasteiger partial charge in [0.25, 0.3) is 0 Å². The highest BCUT2D eigenvalue weighted by Gasteiger charge is 2.27. The van der Waals surface area contributed by atoms with Crippen molar-refractivity contribution in [2.45, 2.75) is 37.4 Å². The third kappa shape index (κ3) is 5.80. The average molecular weight is 484 g/mol. The van der Waals surface area contributed by atoms with Crippen LogP contribution < -0.4 is 10.6 Å². The van der Waals surface area contributed by atoms with Gasteiger partial charge in [-0.2, -0.15) is 4.31 Å². The number of imide groups is 1. The van der Waals surface area contributed by atoms with Crippen LogP contribution in [0.3, 0.4) is 0 Å². The summed E-state index contributed by atoms with van der Waals surface area (Å²) in [5.74, 6) is -0.134. The van der Waals surface area contributed by atoms with E-state index in [4.69, 9.17) is 4.74 Å². The first-order valence-electron chi connectivity index (χ1n) is 10.5. The van der Waals surface area contributed by atoms with Gasteiger partial charge in [0.1, 0.15) is 0 Å². The van der Waals surface area contributed by atoms with Gasteiger partial charge in [-0.25, -0.2) is 18.2 Å². The van der Waals surface area contributed by atoms with Crippen molar-refractivity contribution in [2.75, 3.05) is 38.6 Å². The van der Waals surface area contributed by atoms with E-state index in [9.17, 15) is 18.0 Å². The first kappa shape index (κ1) is 24.5. The Bertz CT molecular complexity index is 1080. The monoisotopic (exact) mass is 483 g/mol. The second kappa shape index (κ2) is 10.6. The number of hydrogen-bond acceptors (Lipinski definition) is 7. The quantitative estimate of drug-likeness (QED) is 0.547. The summed E-state index contributed by atoms with van der Waals surface area (Å²) in [7, 11) is -3.63. The van der Waals surface area contributed by atoms with Gasteiger partial charge in [-0.05, 0) is 31.0 Å². The fraction of sp³-hybridized carbons (Fsp3) is 0.550. The zero-order valence-corrected chi connectivity index (χ0v) is 20.1. The maximum absolute atomic E-state index is 12.9.